The van der Waals surface area contributed by atoms with E-state index >= 15 is 0 Å². The van der Waals surface area contributed by atoms with Crippen molar-refractivity contribution in [2.24, 2.45) is 0 Å². The van der Waals surface area contributed by atoms with Crippen LogP contribution in [0.15, 0.2) is 24.3 Å². The standard InChI is InChI=1S/C14H23NO/c1-5-10-16-14-8-6-13(7-9-14)12(4)15-11(2)3/h6-9,11-12,15H,5,10H2,1-4H3/t12-/m0/s1. The summed E-state index contributed by atoms with van der Waals surface area (Å²) in [5, 5.41) is 3.48. The summed E-state index contributed by atoms with van der Waals surface area (Å²) in [6.45, 7) is 9.41. The van der Waals surface area contributed by atoms with Crippen LogP contribution < -0.4 is 10.1 Å². The molecular weight excluding hydrogens is 198 g/mol. The van der Waals surface area contributed by atoms with Crippen LogP contribution in [-0.4, -0.2) is 12.6 Å². The SMILES string of the molecule is CCCOc1ccc([C@H](C)NC(C)C)cc1. The molecule has 0 bridgehead atoms. The molecule has 0 aliphatic heterocycles. The normalized spacial score (nSPS) is 12.8. The molecule has 0 aromatic heterocycles. The van der Waals surface area contributed by atoms with Crippen molar-refractivity contribution in [2.75, 3.05) is 6.61 Å². The molecule has 1 aromatic carbocycles. The first-order valence-electron chi connectivity index (χ1n) is 6.12. The van der Waals surface area contributed by atoms with Gasteiger partial charge in [-0.05, 0) is 31.0 Å². The van der Waals surface area contributed by atoms with E-state index in [1.807, 2.05) is 12.1 Å². The van der Waals surface area contributed by atoms with Gasteiger partial charge >= 0.3 is 0 Å². The number of hydrogen-bond donors (Lipinski definition) is 1. The van der Waals surface area contributed by atoms with Crippen LogP contribution in [0.4, 0.5) is 0 Å². The second kappa shape index (κ2) is 6.54. The molecule has 1 N–H and O–H groups in total. The van der Waals surface area contributed by atoms with E-state index < -0.39 is 0 Å². The third-order valence-electron chi connectivity index (χ3n) is 2.44. The third kappa shape index (κ3) is 4.23. The Kier molecular flexibility index (Phi) is 5.33. The van der Waals surface area contributed by atoms with Crippen molar-refractivity contribution in [1.82, 2.24) is 5.32 Å². The molecule has 0 saturated carbocycles. The van der Waals surface area contributed by atoms with Crippen molar-refractivity contribution in [3.8, 4) is 5.75 Å². The highest BCUT2D eigenvalue weighted by Crippen LogP contribution is 2.18. The third-order valence-corrected chi connectivity index (χ3v) is 2.44. The van der Waals surface area contributed by atoms with E-state index in [2.05, 4.69) is 45.1 Å². The van der Waals surface area contributed by atoms with Crippen molar-refractivity contribution in [3.05, 3.63) is 29.8 Å². The Bertz CT molecular complexity index is 292. The van der Waals surface area contributed by atoms with Crippen molar-refractivity contribution >= 4 is 0 Å². The van der Waals surface area contributed by atoms with Crippen LogP contribution in [0.1, 0.15) is 45.7 Å². The summed E-state index contributed by atoms with van der Waals surface area (Å²) in [5.41, 5.74) is 1.30. The Labute approximate surface area is 99.0 Å². The number of benzene rings is 1. The Morgan fingerprint density at radius 3 is 2.25 bits per heavy atom. The molecule has 0 heterocycles. The van der Waals surface area contributed by atoms with E-state index in [1.165, 1.54) is 5.56 Å². The van der Waals surface area contributed by atoms with Crippen molar-refractivity contribution in [3.63, 3.8) is 0 Å². The molecular formula is C14H23NO. The van der Waals surface area contributed by atoms with E-state index in [0.29, 0.717) is 12.1 Å². The molecule has 1 rings (SSSR count). The van der Waals surface area contributed by atoms with Gasteiger partial charge in [-0.15, -0.1) is 0 Å². The zero-order valence-corrected chi connectivity index (χ0v) is 10.8. The van der Waals surface area contributed by atoms with Crippen LogP contribution in [0.3, 0.4) is 0 Å². The fraction of sp³-hybridized carbons (Fsp3) is 0.571. The fourth-order valence-electron chi connectivity index (χ4n) is 1.67. The van der Waals surface area contributed by atoms with Gasteiger partial charge in [0.25, 0.3) is 0 Å². The molecule has 16 heavy (non-hydrogen) atoms. The lowest BCUT2D eigenvalue weighted by Crippen LogP contribution is -2.25. The Morgan fingerprint density at radius 2 is 1.75 bits per heavy atom. The molecule has 0 radical (unpaired) electrons. The zero-order chi connectivity index (χ0) is 12.0. The van der Waals surface area contributed by atoms with Crippen LogP contribution in [0.2, 0.25) is 0 Å². The number of ether oxygens (including phenoxy) is 1. The van der Waals surface area contributed by atoms with Crippen LogP contribution in [0.25, 0.3) is 0 Å². The maximum atomic E-state index is 5.55. The Hall–Kier alpha value is -1.02. The average molecular weight is 221 g/mol. The van der Waals surface area contributed by atoms with Crippen molar-refractivity contribution in [1.29, 1.82) is 0 Å². The predicted molar refractivity (Wildman–Crippen MR) is 68.9 cm³/mol. The van der Waals surface area contributed by atoms with E-state index in [1.54, 1.807) is 0 Å². The quantitative estimate of drug-likeness (QED) is 0.793. The molecule has 0 aliphatic carbocycles. The van der Waals surface area contributed by atoms with Gasteiger partial charge in [-0.2, -0.15) is 0 Å². The van der Waals surface area contributed by atoms with Gasteiger partial charge in [0.05, 0.1) is 6.61 Å². The minimum atomic E-state index is 0.389. The van der Waals surface area contributed by atoms with E-state index in [0.717, 1.165) is 18.8 Å². The summed E-state index contributed by atoms with van der Waals surface area (Å²) in [7, 11) is 0. The predicted octanol–water partition coefficient (Wildman–Crippen LogP) is 3.53. The summed E-state index contributed by atoms with van der Waals surface area (Å²) >= 11 is 0. The summed E-state index contributed by atoms with van der Waals surface area (Å²) in [6, 6.07) is 9.24. The lowest BCUT2D eigenvalue weighted by atomic mass is 10.1. The summed E-state index contributed by atoms with van der Waals surface area (Å²) in [4.78, 5) is 0. The van der Waals surface area contributed by atoms with Gasteiger partial charge in [-0.1, -0.05) is 32.9 Å². The van der Waals surface area contributed by atoms with E-state index in [4.69, 9.17) is 4.74 Å². The topological polar surface area (TPSA) is 21.3 Å². The molecule has 2 heteroatoms. The number of rotatable bonds is 6. The summed E-state index contributed by atoms with van der Waals surface area (Å²) in [6.07, 6.45) is 1.05. The van der Waals surface area contributed by atoms with Gasteiger partial charge < -0.3 is 10.1 Å². The van der Waals surface area contributed by atoms with Gasteiger partial charge in [0, 0.05) is 12.1 Å². The molecule has 0 spiro atoms. The molecule has 1 atom stereocenters. The second-order valence-electron chi connectivity index (χ2n) is 4.46. The molecule has 0 saturated heterocycles. The van der Waals surface area contributed by atoms with Crippen LogP contribution in [0, 0.1) is 0 Å². The summed E-state index contributed by atoms with van der Waals surface area (Å²) in [5.74, 6) is 0.961. The van der Waals surface area contributed by atoms with Gasteiger partial charge in [-0.3, -0.25) is 0 Å². The minimum Gasteiger partial charge on any atom is -0.494 e. The fourth-order valence-corrected chi connectivity index (χ4v) is 1.67. The lowest BCUT2D eigenvalue weighted by molar-refractivity contribution is 0.317. The molecule has 90 valence electrons. The van der Waals surface area contributed by atoms with Gasteiger partial charge in [0.1, 0.15) is 5.75 Å². The summed E-state index contributed by atoms with van der Waals surface area (Å²) < 4.78 is 5.55. The van der Waals surface area contributed by atoms with Crippen LogP contribution in [-0.2, 0) is 0 Å². The average Bonchev–Trinajstić information content (AvgIpc) is 2.26. The van der Waals surface area contributed by atoms with Gasteiger partial charge in [0.15, 0.2) is 0 Å². The number of nitrogens with one attached hydrogen (secondary N) is 1. The zero-order valence-electron chi connectivity index (χ0n) is 10.8. The highest BCUT2D eigenvalue weighted by atomic mass is 16.5. The van der Waals surface area contributed by atoms with Crippen molar-refractivity contribution < 1.29 is 4.74 Å². The molecule has 0 amide bonds. The highest BCUT2D eigenvalue weighted by molar-refractivity contribution is 5.28. The van der Waals surface area contributed by atoms with Crippen LogP contribution >= 0.6 is 0 Å². The molecule has 0 unspecified atom stereocenters. The lowest BCUT2D eigenvalue weighted by Gasteiger charge is -2.17. The van der Waals surface area contributed by atoms with Gasteiger partial charge in [-0.25, -0.2) is 0 Å². The van der Waals surface area contributed by atoms with Gasteiger partial charge in [0.2, 0.25) is 0 Å². The second-order valence-corrected chi connectivity index (χ2v) is 4.46. The maximum Gasteiger partial charge on any atom is 0.119 e. The molecule has 0 fully saturated rings. The van der Waals surface area contributed by atoms with E-state index in [9.17, 15) is 0 Å². The highest BCUT2D eigenvalue weighted by Gasteiger charge is 2.06. The Morgan fingerprint density at radius 1 is 1.12 bits per heavy atom. The molecule has 0 aliphatic rings. The first kappa shape index (κ1) is 13.0. The monoisotopic (exact) mass is 221 g/mol. The maximum absolute atomic E-state index is 5.55. The molecule has 2 nitrogen and oxygen atoms in total. The van der Waals surface area contributed by atoms with E-state index in [-0.39, 0.29) is 0 Å². The van der Waals surface area contributed by atoms with Crippen molar-refractivity contribution in [2.45, 2.75) is 46.2 Å². The first-order chi connectivity index (χ1) is 7.63. The Balaban J connectivity index is 2.56. The largest absolute Gasteiger partial charge is 0.494 e. The number of hydrogen-bond acceptors (Lipinski definition) is 2. The smallest absolute Gasteiger partial charge is 0.119 e. The molecule has 1 aromatic rings. The van der Waals surface area contributed by atoms with Crippen LogP contribution in [0.5, 0.6) is 5.75 Å². The first-order valence-corrected chi connectivity index (χ1v) is 6.12. The minimum absolute atomic E-state index is 0.389.